The van der Waals surface area contributed by atoms with Crippen molar-refractivity contribution < 1.29 is 8.42 Å². The van der Waals surface area contributed by atoms with Gasteiger partial charge >= 0.3 is 0 Å². The standard InChI is InChI=1S/C15H15BrN2O2S/c16-12-3-6-14(7-4-12)21(19,20)18-9-1-2-11-10-13(17)5-8-15(11)18/h3-8,10H,1-2,9,17H2. The van der Waals surface area contributed by atoms with Crippen molar-refractivity contribution in [1.82, 2.24) is 0 Å². The van der Waals surface area contributed by atoms with Crippen molar-refractivity contribution in [1.29, 1.82) is 0 Å². The van der Waals surface area contributed by atoms with Crippen molar-refractivity contribution >= 4 is 37.3 Å². The highest BCUT2D eigenvalue weighted by atomic mass is 79.9. The molecule has 1 aliphatic heterocycles. The molecule has 1 aliphatic rings. The number of nitrogens with two attached hydrogens (primary N) is 1. The summed E-state index contributed by atoms with van der Waals surface area (Å²) in [5, 5.41) is 0. The van der Waals surface area contributed by atoms with Crippen LogP contribution in [0.1, 0.15) is 12.0 Å². The van der Waals surface area contributed by atoms with Gasteiger partial charge in [-0.3, -0.25) is 4.31 Å². The van der Waals surface area contributed by atoms with E-state index in [9.17, 15) is 8.42 Å². The first kappa shape index (κ1) is 14.4. The van der Waals surface area contributed by atoms with Crippen molar-refractivity contribution in [3.63, 3.8) is 0 Å². The van der Waals surface area contributed by atoms with Crippen molar-refractivity contribution in [3.8, 4) is 0 Å². The SMILES string of the molecule is Nc1ccc2c(c1)CCCN2S(=O)(=O)c1ccc(Br)cc1. The van der Waals surface area contributed by atoms with Gasteiger partial charge in [-0.15, -0.1) is 0 Å². The van der Waals surface area contributed by atoms with Gasteiger partial charge in [0.15, 0.2) is 0 Å². The van der Waals surface area contributed by atoms with Crippen molar-refractivity contribution in [2.75, 3.05) is 16.6 Å². The number of aryl methyl sites for hydroxylation is 1. The summed E-state index contributed by atoms with van der Waals surface area (Å²) in [4.78, 5) is 0.301. The molecule has 110 valence electrons. The topological polar surface area (TPSA) is 63.4 Å². The molecule has 3 rings (SSSR count). The van der Waals surface area contributed by atoms with Crippen LogP contribution < -0.4 is 10.0 Å². The number of benzene rings is 2. The van der Waals surface area contributed by atoms with Crippen LogP contribution >= 0.6 is 15.9 Å². The molecule has 4 nitrogen and oxygen atoms in total. The molecule has 2 aromatic rings. The molecule has 6 heteroatoms. The van der Waals surface area contributed by atoms with E-state index in [1.54, 1.807) is 36.4 Å². The highest BCUT2D eigenvalue weighted by molar-refractivity contribution is 9.10. The van der Waals surface area contributed by atoms with Gasteiger partial charge in [-0.25, -0.2) is 8.42 Å². The van der Waals surface area contributed by atoms with Gasteiger partial charge in [0.2, 0.25) is 0 Å². The molecule has 0 atom stereocenters. The van der Waals surface area contributed by atoms with Gasteiger partial charge in [-0.2, -0.15) is 0 Å². The molecule has 0 fully saturated rings. The van der Waals surface area contributed by atoms with Crippen LogP contribution in [-0.2, 0) is 16.4 Å². The average molecular weight is 367 g/mol. The van der Waals surface area contributed by atoms with Crippen LogP contribution in [0.3, 0.4) is 0 Å². The van der Waals surface area contributed by atoms with Gasteiger partial charge in [0.25, 0.3) is 10.0 Å². The molecule has 0 amide bonds. The van der Waals surface area contributed by atoms with E-state index < -0.39 is 10.0 Å². The summed E-state index contributed by atoms with van der Waals surface area (Å²) in [6, 6.07) is 12.1. The van der Waals surface area contributed by atoms with E-state index >= 15 is 0 Å². The molecule has 0 aromatic heterocycles. The minimum atomic E-state index is -3.53. The maximum Gasteiger partial charge on any atom is 0.264 e. The lowest BCUT2D eigenvalue weighted by Gasteiger charge is -2.30. The largest absolute Gasteiger partial charge is 0.399 e. The first-order valence-corrected chi connectivity index (χ1v) is 8.88. The third-order valence-corrected chi connectivity index (χ3v) is 5.94. The Balaban J connectivity index is 2.07. The molecular weight excluding hydrogens is 352 g/mol. The number of anilines is 2. The third-order valence-electron chi connectivity index (χ3n) is 3.58. The number of hydrogen-bond acceptors (Lipinski definition) is 3. The maximum atomic E-state index is 12.8. The zero-order chi connectivity index (χ0) is 15.0. The quantitative estimate of drug-likeness (QED) is 0.830. The van der Waals surface area contributed by atoms with Crippen LogP contribution in [0.2, 0.25) is 0 Å². The van der Waals surface area contributed by atoms with E-state index in [4.69, 9.17) is 5.73 Å². The van der Waals surface area contributed by atoms with Gasteiger partial charge in [-0.05, 0) is 60.9 Å². The van der Waals surface area contributed by atoms with Gasteiger partial charge in [0.05, 0.1) is 10.6 Å². The smallest absolute Gasteiger partial charge is 0.264 e. The Morgan fingerprint density at radius 1 is 1.10 bits per heavy atom. The number of nitrogen functional groups attached to an aromatic ring is 1. The van der Waals surface area contributed by atoms with E-state index in [1.807, 2.05) is 6.07 Å². The molecule has 0 saturated carbocycles. The number of fused-ring (bicyclic) bond motifs is 1. The Bertz CT molecular complexity index is 773. The first-order valence-electron chi connectivity index (χ1n) is 6.65. The highest BCUT2D eigenvalue weighted by Gasteiger charge is 2.28. The summed E-state index contributed by atoms with van der Waals surface area (Å²) in [5.74, 6) is 0. The van der Waals surface area contributed by atoms with E-state index in [0.29, 0.717) is 17.1 Å². The highest BCUT2D eigenvalue weighted by Crippen LogP contribution is 2.33. The number of hydrogen-bond donors (Lipinski definition) is 1. The predicted molar refractivity (Wildman–Crippen MR) is 87.8 cm³/mol. The van der Waals surface area contributed by atoms with Crippen LogP contribution in [0.15, 0.2) is 51.8 Å². The second kappa shape index (κ2) is 5.35. The molecule has 0 saturated heterocycles. The predicted octanol–water partition coefficient (Wildman–Crippen LogP) is 3.17. The van der Waals surface area contributed by atoms with Crippen molar-refractivity contribution in [3.05, 3.63) is 52.5 Å². The van der Waals surface area contributed by atoms with Gasteiger partial charge in [0.1, 0.15) is 0 Å². The lowest BCUT2D eigenvalue weighted by atomic mass is 10.0. The van der Waals surface area contributed by atoms with Gasteiger partial charge in [0, 0.05) is 16.7 Å². The van der Waals surface area contributed by atoms with E-state index in [0.717, 1.165) is 28.6 Å². The number of nitrogens with zero attached hydrogens (tertiary/aromatic N) is 1. The summed E-state index contributed by atoms with van der Waals surface area (Å²) < 4.78 is 28.0. The molecule has 0 radical (unpaired) electrons. The number of sulfonamides is 1. The fourth-order valence-corrected chi connectivity index (χ4v) is 4.37. The average Bonchev–Trinajstić information content (AvgIpc) is 2.46. The van der Waals surface area contributed by atoms with Gasteiger partial charge < -0.3 is 5.73 Å². The lowest BCUT2D eigenvalue weighted by molar-refractivity contribution is 0.586. The van der Waals surface area contributed by atoms with Crippen LogP contribution in [0, 0.1) is 0 Å². The monoisotopic (exact) mass is 366 g/mol. The molecule has 0 spiro atoms. The summed E-state index contributed by atoms with van der Waals surface area (Å²) in [7, 11) is -3.53. The van der Waals surface area contributed by atoms with Crippen LogP contribution in [0.4, 0.5) is 11.4 Å². The van der Waals surface area contributed by atoms with Crippen LogP contribution in [-0.4, -0.2) is 15.0 Å². The minimum Gasteiger partial charge on any atom is -0.399 e. The molecular formula is C15H15BrN2O2S. The molecule has 21 heavy (non-hydrogen) atoms. The third kappa shape index (κ3) is 2.65. The molecule has 2 aromatic carbocycles. The molecule has 0 bridgehead atoms. The Kier molecular flexibility index (Phi) is 3.67. The fourth-order valence-electron chi connectivity index (χ4n) is 2.57. The Hall–Kier alpha value is -1.53. The Morgan fingerprint density at radius 2 is 1.81 bits per heavy atom. The number of rotatable bonds is 2. The molecule has 0 unspecified atom stereocenters. The summed E-state index contributed by atoms with van der Waals surface area (Å²) >= 11 is 3.32. The first-order chi connectivity index (χ1) is 9.98. The van der Waals surface area contributed by atoms with Gasteiger partial charge in [-0.1, -0.05) is 15.9 Å². The fraction of sp³-hybridized carbons (Fsp3) is 0.200. The number of halogens is 1. The zero-order valence-electron chi connectivity index (χ0n) is 11.3. The van der Waals surface area contributed by atoms with E-state index in [-0.39, 0.29) is 0 Å². The molecule has 0 aliphatic carbocycles. The van der Waals surface area contributed by atoms with Crippen molar-refractivity contribution in [2.45, 2.75) is 17.7 Å². The van der Waals surface area contributed by atoms with Crippen LogP contribution in [0.5, 0.6) is 0 Å². The Labute approximate surface area is 132 Å². The second-order valence-electron chi connectivity index (χ2n) is 5.02. The van der Waals surface area contributed by atoms with Crippen molar-refractivity contribution in [2.24, 2.45) is 0 Å². The normalized spacial score (nSPS) is 14.8. The molecule has 2 N–H and O–H groups in total. The maximum absolute atomic E-state index is 12.8. The summed E-state index contributed by atoms with van der Waals surface area (Å²) in [6.45, 7) is 0.495. The van der Waals surface area contributed by atoms with Crippen LogP contribution in [0.25, 0.3) is 0 Å². The minimum absolute atomic E-state index is 0.301. The van der Waals surface area contributed by atoms with E-state index in [1.165, 1.54) is 4.31 Å². The lowest BCUT2D eigenvalue weighted by Crippen LogP contribution is -2.35. The Morgan fingerprint density at radius 3 is 2.52 bits per heavy atom. The zero-order valence-corrected chi connectivity index (χ0v) is 13.7. The summed E-state index contributed by atoms with van der Waals surface area (Å²) in [6.07, 6.45) is 1.65. The summed E-state index contributed by atoms with van der Waals surface area (Å²) in [5.41, 5.74) is 8.18. The second-order valence-corrected chi connectivity index (χ2v) is 7.80. The molecule has 1 heterocycles. The van der Waals surface area contributed by atoms with E-state index in [2.05, 4.69) is 15.9 Å².